The van der Waals surface area contributed by atoms with E-state index in [0.717, 1.165) is 0 Å². The zero-order valence-corrected chi connectivity index (χ0v) is 11.1. The van der Waals surface area contributed by atoms with E-state index in [0.29, 0.717) is 16.8 Å². The molecule has 0 aliphatic heterocycles. The average Bonchev–Trinajstić information content (AvgIpc) is 2.75. The third-order valence-electron chi connectivity index (χ3n) is 2.79. The second-order valence-corrected chi connectivity index (χ2v) is 4.35. The molecule has 102 valence electrons. The zero-order chi connectivity index (χ0) is 14.7. The topological polar surface area (TPSA) is 78.0 Å². The van der Waals surface area contributed by atoms with E-state index in [1.165, 1.54) is 18.2 Å². The summed E-state index contributed by atoms with van der Waals surface area (Å²) in [7, 11) is 1.74. The van der Waals surface area contributed by atoms with Crippen LogP contribution >= 0.6 is 0 Å². The van der Waals surface area contributed by atoms with Gasteiger partial charge in [-0.1, -0.05) is 18.2 Å². The summed E-state index contributed by atoms with van der Waals surface area (Å²) in [5.41, 5.74) is 1.78. The molecule has 0 fully saturated rings. The number of nitrogens with zero attached hydrogens (tertiary/aromatic N) is 3. The Labute approximate surface area is 115 Å². The van der Waals surface area contributed by atoms with Crippen LogP contribution < -0.4 is 0 Å². The molecule has 0 N–H and O–H groups in total. The van der Waals surface area contributed by atoms with Crippen LogP contribution in [0.2, 0.25) is 0 Å². The molecular weight excluding hydrogens is 258 g/mol. The summed E-state index contributed by atoms with van der Waals surface area (Å²) in [5, 5.41) is 14.8. The molecule has 2 rings (SSSR count). The summed E-state index contributed by atoms with van der Waals surface area (Å²) in [6.07, 6.45) is 4.60. The van der Waals surface area contributed by atoms with Crippen LogP contribution in [0.25, 0.3) is 6.08 Å². The SMILES string of the molecule is Cc1nn(C)cc1C(=O)/C=C/c1cccc([N+](=O)[O-])c1. The number of allylic oxidation sites excluding steroid dienone is 1. The Kier molecular flexibility index (Phi) is 3.74. The highest BCUT2D eigenvalue weighted by atomic mass is 16.6. The maximum Gasteiger partial charge on any atom is 0.270 e. The van der Waals surface area contributed by atoms with Crippen LogP contribution in [0, 0.1) is 17.0 Å². The maximum atomic E-state index is 12.0. The molecule has 1 aromatic heterocycles. The van der Waals surface area contributed by atoms with Gasteiger partial charge in [0.2, 0.25) is 0 Å². The predicted molar refractivity (Wildman–Crippen MR) is 74.4 cm³/mol. The Balaban J connectivity index is 2.21. The quantitative estimate of drug-likeness (QED) is 0.370. The first kappa shape index (κ1) is 13.7. The van der Waals surface area contributed by atoms with Crippen molar-refractivity contribution < 1.29 is 9.72 Å². The lowest BCUT2D eigenvalue weighted by atomic mass is 10.1. The zero-order valence-electron chi connectivity index (χ0n) is 11.1. The van der Waals surface area contributed by atoms with Gasteiger partial charge in [-0.2, -0.15) is 5.10 Å². The number of non-ortho nitro benzene ring substituents is 1. The Morgan fingerprint density at radius 1 is 1.45 bits per heavy atom. The van der Waals surface area contributed by atoms with Gasteiger partial charge in [0.1, 0.15) is 0 Å². The van der Waals surface area contributed by atoms with Gasteiger partial charge in [-0.15, -0.1) is 0 Å². The van der Waals surface area contributed by atoms with E-state index >= 15 is 0 Å². The van der Waals surface area contributed by atoms with E-state index in [4.69, 9.17) is 0 Å². The number of hydrogen-bond acceptors (Lipinski definition) is 4. The first-order chi connectivity index (χ1) is 9.47. The number of carbonyl (C=O) groups is 1. The third-order valence-corrected chi connectivity index (χ3v) is 2.79. The van der Waals surface area contributed by atoms with E-state index in [1.54, 1.807) is 43.1 Å². The van der Waals surface area contributed by atoms with Crippen molar-refractivity contribution in [2.24, 2.45) is 7.05 Å². The molecule has 0 saturated carbocycles. The molecule has 0 atom stereocenters. The number of rotatable bonds is 4. The summed E-state index contributed by atoms with van der Waals surface area (Å²) in [4.78, 5) is 22.2. The highest BCUT2D eigenvalue weighted by Crippen LogP contribution is 2.15. The highest BCUT2D eigenvalue weighted by Gasteiger charge is 2.09. The molecule has 6 heteroatoms. The van der Waals surface area contributed by atoms with Crippen LogP contribution in [-0.2, 0) is 7.05 Å². The van der Waals surface area contributed by atoms with Gasteiger partial charge in [0, 0.05) is 25.4 Å². The molecule has 0 saturated heterocycles. The van der Waals surface area contributed by atoms with Crippen LogP contribution in [0.5, 0.6) is 0 Å². The Morgan fingerprint density at radius 2 is 2.20 bits per heavy atom. The second kappa shape index (κ2) is 5.48. The molecule has 0 aliphatic carbocycles. The lowest BCUT2D eigenvalue weighted by Gasteiger charge is -1.94. The minimum absolute atomic E-state index is 0.00263. The maximum absolute atomic E-state index is 12.0. The molecule has 0 amide bonds. The van der Waals surface area contributed by atoms with Crippen molar-refractivity contribution in [3.8, 4) is 0 Å². The van der Waals surface area contributed by atoms with Gasteiger partial charge in [0.05, 0.1) is 16.2 Å². The van der Waals surface area contributed by atoms with Gasteiger partial charge in [-0.25, -0.2) is 0 Å². The molecule has 0 unspecified atom stereocenters. The lowest BCUT2D eigenvalue weighted by molar-refractivity contribution is -0.384. The lowest BCUT2D eigenvalue weighted by Crippen LogP contribution is -1.94. The van der Waals surface area contributed by atoms with Crippen LogP contribution in [-0.4, -0.2) is 20.5 Å². The van der Waals surface area contributed by atoms with Crippen molar-refractivity contribution in [1.82, 2.24) is 9.78 Å². The highest BCUT2D eigenvalue weighted by molar-refractivity contribution is 6.07. The number of nitro benzene ring substituents is 1. The molecule has 20 heavy (non-hydrogen) atoms. The molecule has 2 aromatic rings. The van der Waals surface area contributed by atoms with Gasteiger partial charge in [0.25, 0.3) is 5.69 Å². The molecule has 0 spiro atoms. The fourth-order valence-electron chi connectivity index (χ4n) is 1.85. The van der Waals surface area contributed by atoms with Gasteiger partial charge >= 0.3 is 0 Å². The van der Waals surface area contributed by atoms with E-state index in [1.807, 2.05) is 0 Å². The van der Waals surface area contributed by atoms with E-state index < -0.39 is 4.92 Å². The van der Waals surface area contributed by atoms with E-state index in [-0.39, 0.29) is 11.5 Å². The Bertz CT molecular complexity index is 701. The second-order valence-electron chi connectivity index (χ2n) is 4.35. The Morgan fingerprint density at radius 3 is 2.80 bits per heavy atom. The summed E-state index contributed by atoms with van der Waals surface area (Å²) < 4.78 is 1.57. The molecule has 0 radical (unpaired) electrons. The smallest absolute Gasteiger partial charge is 0.270 e. The number of nitro groups is 1. The molecular formula is C14H13N3O3. The third kappa shape index (κ3) is 2.97. The average molecular weight is 271 g/mol. The summed E-state index contributed by atoms with van der Waals surface area (Å²) in [6, 6.07) is 6.11. The van der Waals surface area contributed by atoms with Crippen molar-refractivity contribution in [2.75, 3.05) is 0 Å². The number of aromatic nitrogens is 2. The first-order valence-corrected chi connectivity index (χ1v) is 5.94. The largest absolute Gasteiger partial charge is 0.289 e. The monoisotopic (exact) mass is 271 g/mol. The van der Waals surface area contributed by atoms with Crippen LogP contribution in [0.15, 0.2) is 36.5 Å². The predicted octanol–water partition coefficient (Wildman–Crippen LogP) is 2.53. The van der Waals surface area contributed by atoms with Gasteiger partial charge in [-0.3, -0.25) is 19.6 Å². The minimum Gasteiger partial charge on any atom is -0.289 e. The van der Waals surface area contributed by atoms with Crippen molar-refractivity contribution in [3.63, 3.8) is 0 Å². The number of benzene rings is 1. The first-order valence-electron chi connectivity index (χ1n) is 5.94. The summed E-state index contributed by atoms with van der Waals surface area (Å²) >= 11 is 0. The minimum atomic E-state index is -0.468. The van der Waals surface area contributed by atoms with Crippen molar-refractivity contribution in [3.05, 3.63) is 63.5 Å². The van der Waals surface area contributed by atoms with Gasteiger partial charge in [-0.05, 0) is 18.6 Å². The molecule has 1 aromatic carbocycles. The number of aryl methyl sites for hydroxylation is 2. The molecule has 6 nitrogen and oxygen atoms in total. The molecule has 0 aliphatic rings. The van der Waals surface area contributed by atoms with Crippen molar-refractivity contribution in [1.29, 1.82) is 0 Å². The molecule has 0 bridgehead atoms. The van der Waals surface area contributed by atoms with Gasteiger partial charge < -0.3 is 0 Å². The Hall–Kier alpha value is -2.76. The van der Waals surface area contributed by atoms with Crippen LogP contribution in [0.1, 0.15) is 21.6 Å². The van der Waals surface area contributed by atoms with Crippen molar-refractivity contribution >= 4 is 17.5 Å². The number of ketones is 1. The van der Waals surface area contributed by atoms with Crippen LogP contribution in [0.4, 0.5) is 5.69 Å². The van der Waals surface area contributed by atoms with Gasteiger partial charge in [0.15, 0.2) is 5.78 Å². The number of hydrogen-bond donors (Lipinski definition) is 0. The van der Waals surface area contributed by atoms with Crippen LogP contribution in [0.3, 0.4) is 0 Å². The standard InChI is InChI=1S/C14H13N3O3/c1-10-13(9-16(2)15-10)14(18)7-6-11-4-3-5-12(8-11)17(19)20/h3-9H,1-2H3/b7-6+. The van der Waals surface area contributed by atoms with E-state index in [9.17, 15) is 14.9 Å². The summed E-state index contributed by atoms with van der Waals surface area (Å²) in [5.74, 6) is -0.179. The van der Waals surface area contributed by atoms with E-state index in [2.05, 4.69) is 5.10 Å². The summed E-state index contributed by atoms with van der Waals surface area (Å²) in [6.45, 7) is 1.76. The van der Waals surface area contributed by atoms with Crippen molar-refractivity contribution in [2.45, 2.75) is 6.92 Å². The number of carbonyl (C=O) groups excluding carboxylic acids is 1. The fourth-order valence-corrected chi connectivity index (χ4v) is 1.85. The molecule has 1 heterocycles. The fraction of sp³-hybridized carbons (Fsp3) is 0.143. The normalized spacial score (nSPS) is 10.9.